The smallest absolute Gasteiger partial charge is 0.0462 e. The average Bonchev–Trinajstić information content (AvgIpc) is 3.01. The minimum atomic E-state index is 1.13. The lowest BCUT2D eigenvalue weighted by molar-refractivity contribution is 1.26. The van der Waals surface area contributed by atoms with Crippen LogP contribution < -0.4 is 9.80 Å². The second-order valence-electron chi connectivity index (χ2n) is 9.10. The zero-order valence-electron chi connectivity index (χ0n) is 21.5. The molecule has 6 rings (SSSR count). The Labute approximate surface area is 234 Å². The Morgan fingerprint density at radius 1 is 0.256 bits per heavy atom. The van der Waals surface area contributed by atoms with Crippen molar-refractivity contribution in [3.8, 4) is 0 Å². The van der Waals surface area contributed by atoms with Gasteiger partial charge >= 0.3 is 0 Å². The van der Waals surface area contributed by atoms with Crippen LogP contribution in [0.4, 0.5) is 34.1 Å². The first kappa shape index (κ1) is 24.6. The summed E-state index contributed by atoms with van der Waals surface area (Å²) in [5.41, 5.74) is 6.83. The van der Waals surface area contributed by atoms with Crippen LogP contribution in [0.25, 0.3) is 0 Å². The molecule has 6 aromatic carbocycles. The summed E-state index contributed by atoms with van der Waals surface area (Å²) in [6.07, 6.45) is 0. The molecular weight excluding hydrogens is 492 g/mol. The minimum absolute atomic E-state index is 1.13. The molecule has 2 nitrogen and oxygen atoms in total. The van der Waals surface area contributed by atoms with Crippen LogP contribution in [0, 0.1) is 0 Å². The quantitative estimate of drug-likeness (QED) is 0.197. The molecule has 0 saturated carbocycles. The second kappa shape index (κ2) is 11.8. The van der Waals surface area contributed by atoms with Crippen LogP contribution in [-0.4, -0.2) is 0 Å². The highest BCUT2D eigenvalue weighted by molar-refractivity contribution is 7.99. The Balaban J connectivity index is 1.24. The maximum absolute atomic E-state index is 2.28. The van der Waals surface area contributed by atoms with Gasteiger partial charge in [-0.3, -0.25) is 0 Å². The summed E-state index contributed by atoms with van der Waals surface area (Å²) >= 11 is 1.77. The fraction of sp³-hybridized carbons (Fsp3) is 0. The number of rotatable bonds is 8. The second-order valence-corrected chi connectivity index (χ2v) is 10.2. The first-order valence-electron chi connectivity index (χ1n) is 13.0. The molecule has 0 unspecified atom stereocenters. The molecule has 0 spiro atoms. The molecule has 0 aliphatic heterocycles. The Morgan fingerprint density at radius 2 is 0.487 bits per heavy atom. The summed E-state index contributed by atoms with van der Waals surface area (Å²) in [4.78, 5) is 6.97. The van der Waals surface area contributed by atoms with Crippen molar-refractivity contribution in [2.45, 2.75) is 9.79 Å². The fourth-order valence-corrected chi connectivity index (χ4v) is 5.48. The van der Waals surface area contributed by atoms with Crippen LogP contribution in [0.2, 0.25) is 0 Å². The summed E-state index contributed by atoms with van der Waals surface area (Å²) in [5.74, 6) is 0. The van der Waals surface area contributed by atoms with E-state index in [1.165, 1.54) is 9.79 Å². The third kappa shape index (κ3) is 5.74. The topological polar surface area (TPSA) is 6.48 Å². The third-order valence-corrected chi connectivity index (χ3v) is 7.50. The number of benzene rings is 6. The van der Waals surface area contributed by atoms with Gasteiger partial charge < -0.3 is 9.80 Å². The molecule has 3 heteroatoms. The van der Waals surface area contributed by atoms with Gasteiger partial charge in [0.2, 0.25) is 0 Å². The van der Waals surface area contributed by atoms with E-state index < -0.39 is 0 Å². The Kier molecular flexibility index (Phi) is 7.42. The molecule has 0 aliphatic rings. The predicted molar refractivity (Wildman–Crippen MR) is 166 cm³/mol. The van der Waals surface area contributed by atoms with Gasteiger partial charge in [0.25, 0.3) is 0 Å². The van der Waals surface area contributed by atoms with E-state index in [1.54, 1.807) is 11.8 Å². The van der Waals surface area contributed by atoms with Gasteiger partial charge in [0, 0.05) is 43.9 Å². The molecule has 0 saturated heterocycles. The number of anilines is 6. The summed E-state index contributed by atoms with van der Waals surface area (Å²) in [6.45, 7) is 0. The van der Waals surface area contributed by atoms with Gasteiger partial charge in [-0.1, -0.05) is 84.6 Å². The zero-order valence-corrected chi connectivity index (χ0v) is 22.3. The highest BCUT2D eigenvalue weighted by atomic mass is 32.2. The van der Waals surface area contributed by atoms with Crippen molar-refractivity contribution in [3.63, 3.8) is 0 Å². The van der Waals surface area contributed by atoms with E-state index in [9.17, 15) is 0 Å². The molecule has 0 N–H and O–H groups in total. The van der Waals surface area contributed by atoms with Crippen molar-refractivity contribution in [1.29, 1.82) is 0 Å². The SMILES string of the molecule is c1ccc(N(c2ccccc2)c2ccc(Sc3ccc(N(c4ccccc4)c4ccccc4)cc3)cc2)cc1. The lowest BCUT2D eigenvalue weighted by Crippen LogP contribution is -2.09. The van der Waals surface area contributed by atoms with E-state index >= 15 is 0 Å². The molecule has 0 atom stereocenters. The molecule has 0 amide bonds. The molecule has 0 radical (unpaired) electrons. The molecule has 39 heavy (non-hydrogen) atoms. The summed E-state index contributed by atoms with van der Waals surface area (Å²) in [5, 5.41) is 0. The molecule has 188 valence electrons. The normalized spacial score (nSPS) is 10.7. The summed E-state index contributed by atoms with van der Waals surface area (Å²) < 4.78 is 0. The van der Waals surface area contributed by atoms with Gasteiger partial charge in [0.05, 0.1) is 0 Å². The van der Waals surface area contributed by atoms with Crippen molar-refractivity contribution < 1.29 is 0 Å². The zero-order chi connectivity index (χ0) is 26.3. The standard InChI is InChI=1S/C36H28N2S/c1-5-13-29(14-6-1)37(30-15-7-2-8-16-30)33-21-25-35(26-22-33)39-36-27-23-34(24-28-36)38(31-17-9-3-10-18-31)32-19-11-4-12-20-32/h1-28H. The van der Waals surface area contributed by atoms with Crippen molar-refractivity contribution in [2.24, 2.45) is 0 Å². The van der Waals surface area contributed by atoms with E-state index in [4.69, 9.17) is 0 Å². The van der Waals surface area contributed by atoms with Crippen LogP contribution in [0.15, 0.2) is 180 Å². The van der Waals surface area contributed by atoms with E-state index in [1.807, 2.05) is 0 Å². The van der Waals surface area contributed by atoms with Gasteiger partial charge in [-0.25, -0.2) is 0 Å². The fourth-order valence-electron chi connectivity index (χ4n) is 4.67. The van der Waals surface area contributed by atoms with E-state index in [0.29, 0.717) is 0 Å². The van der Waals surface area contributed by atoms with Crippen LogP contribution in [-0.2, 0) is 0 Å². The number of nitrogens with zero attached hydrogens (tertiary/aromatic N) is 2. The first-order valence-corrected chi connectivity index (χ1v) is 13.9. The molecular formula is C36H28N2S. The highest BCUT2D eigenvalue weighted by Crippen LogP contribution is 2.38. The molecule has 0 fully saturated rings. The number of para-hydroxylation sites is 4. The first-order chi connectivity index (χ1) is 19.3. The van der Waals surface area contributed by atoms with Crippen molar-refractivity contribution in [2.75, 3.05) is 9.80 Å². The van der Waals surface area contributed by atoms with Crippen LogP contribution in [0.5, 0.6) is 0 Å². The van der Waals surface area contributed by atoms with Crippen molar-refractivity contribution >= 4 is 45.9 Å². The highest BCUT2D eigenvalue weighted by Gasteiger charge is 2.13. The van der Waals surface area contributed by atoms with Crippen LogP contribution >= 0.6 is 11.8 Å². The van der Waals surface area contributed by atoms with Gasteiger partial charge in [-0.15, -0.1) is 0 Å². The average molecular weight is 521 g/mol. The van der Waals surface area contributed by atoms with E-state index in [-0.39, 0.29) is 0 Å². The Hall–Kier alpha value is -4.73. The van der Waals surface area contributed by atoms with Gasteiger partial charge in [-0.05, 0) is 97.1 Å². The van der Waals surface area contributed by atoms with Crippen molar-refractivity contribution in [3.05, 3.63) is 170 Å². The van der Waals surface area contributed by atoms with Gasteiger partial charge in [0.15, 0.2) is 0 Å². The van der Waals surface area contributed by atoms with Gasteiger partial charge in [0.1, 0.15) is 0 Å². The lowest BCUT2D eigenvalue weighted by atomic mass is 10.2. The maximum atomic E-state index is 2.28. The number of hydrogen-bond donors (Lipinski definition) is 0. The van der Waals surface area contributed by atoms with Crippen LogP contribution in [0.3, 0.4) is 0 Å². The molecule has 0 aromatic heterocycles. The van der Waals surface area contributed by atoms with Crippen LogP contribution in [0.1, 0.15) is 0 Å². The lowest BCUT2D eigenvalue weighted by Gasteiger charge is -2.25. The number of hydrogen-bond acceptors (Lipinski definition) is 3. The molecule has 0 aliphatic carbocycles. The third-order valence-electron chi connectivity index (χ3n) is 6.48. The largest absolute Gasteiger partial charge is 0.311 e. The predicted octanol–water partition coefficient (Wildman–Crippen LogP) is 10.8. The van der Waals surface area contributed by atoms with E-state index in [2.05, 4.69) is 180 Å². The monoisotopic (exact) mass is 520 g/mol. The Morgan fingerprint density at radius 3 is 0.744 bits per heavy atom. The summed E-state index contributed by atoms with van der Waals surface area (Å²) in [7, 11) is 0. The van der Waals surface area contributed by atoms with E-state index in [0.717, 1.165) is 34.1 Å². The summed E-state index contributed by atoms with van der Waals surface area (Å²) in [6, 6.07) is 59.6. The molecule has 0 bridgehead atoms. The minimum Gasteiger partial charge on any atom is -0.311 e. The van der Waals surface area contributed by atoms with Gasteiger partial charge in [-0.2, -0.15) is 0 Å². The maximum Gasteiger partial charge on any atom is 0.0462 e. The Bertz CT molecular complexity index is 1380. The molecule has 0 heterocycles. The molecule has 6 aromatic rings. The van der Waals surface area contributed by atoms with Crippen molar-refractivity contribution in [1.82, 2.24) is 0 Å².